The first kappa shape index (κ1) is 14.2. The summed E-state index contributed by atoms with van der Waals surface area (Å²) in [5, 5.41) is 17.3. The van der Waals surface area contributed by atoms with Gasteiger partial charge in [-0.2, -0.15) is 5.10 Å². The molecule has 1 unspecified atom stereocenters. The van der Waals surface area contributed by atoms with Gasteiger partial charge < -0.3 is 15.2 Å². The smallest absolute Gasteiger partial charge is 0.143 e. The van der Waals surface area contributed by atoms with Crippen LogP contribution < -0.4 is 10.1 Å². The first-order valence-electron chi connectivity index (χ1n) is 7.09. The quantitative estimate of drug-likeness (QED) is 0.912. The third-order valence-corrected chi connectivity index (χ3v) is 3.86. The summed E-state index contributed by atoms with van der Waals surface area (Å²) in [4.78, 5) is 0. The Hall–Kier alpha value is -1.72. The highest BCUT2D eigenvalue weighted by Gasteiger charge is 2.21. The van der Waals surface area contributed by atoms with E-state index in [9.17, 15) is 0 Å². The SMILES string of the molecule is OCCn1cc(NC2CCCOc3c(Cl)cccc32)cn1. The van der Waals surface area contributed by atoms with Gasteiger partial charge in [0.2, 0.25) is 0 Å². The molecule has 0 fully saturated rings. The summed E-state index contributed by atoms with van der Waals surface area (Å²) in [7, 11) is 0. The molecule has 1 aliphatic heterocycles. The molecule has 0 spiro atoms. The summed E-state index contributed by atoms with van der Waals surface area (Å²) in [5.74, 6) is 0.775. The highest BCUT2D eigenvalue weighted by atomic mass is 35.5. The maximum absolute atomic E-state index is 8.94. The fraction of sp³-hybridized carbons (Fsp3) is 0.400. The van der Waals surface area contributed by atoms with Crippen molar-refractivity contribution in [2.75, 3.05) is 18.5 Å². The number of benzene rings is 1. The zero-order chi connectivity index (χ0) is 14.7. The van der Waals surface area contributed by atoms with Crippen LogP contribution in [0.15, 0.2) is 30.6 Å². The molecule has 1 aromatic heterocycles. The van der Waals surface area contributed by atoms with E-state index in [1.165, 1.54) is 0 Å². The predicted octanol–water partition coefficient (Wildman–Crippen LogP) is 2.85. The molecule has 0 radical (unpaired) electrons. The van der Waals surface area contributed by atoms with E-state index < -0.39 is 0 Å². The second-order valence-electron chi connectivity index (χ2n) is 5.06. The van der Waals surface area contributed by atoms with Gasteiger partial charge in [0.15, 0.2) is 0 Å². The van der Waals surface area contributed by atoms with E-state index in [1.54, 1.807) is 10.9 Å². The van der Waals surface area contributed by atoms with Gasteiger partial charge >= 0.3 is 0 Å². The van der Waals surface area contributed by atoms with Crippen molar-refractivity contribution in [1.82, 2.24) is 9.78 Å². The number of para-hydroxylation sites is 1. The Morgan fingerprint density at radius 1 is 1.48 bits per heavy atom. The van der Waals surface area contributed by atoms with Gasteiger partial charge in [0.25, 0.3) is 0 Å². The van der Waals surface area contributed by atoms with Gasteiger partial charge in [0.05, 0.1) is 42.7 Å². The molecule has 0 amide bonds. The fourth-order valence-corrected chi connectivity index (χ4v) is 2.82. The van der Waals surface area contributed by atoms with Crippen LogP contribution in [0, 0.1) is 0 Å². The van der Waals surface area contributed by atoms with Crippen LogP contribution in [-0.4, -0.2) is 28.1 Å². The molecule has 0 saturated heterocycles. The van der Waals surface area contributed by atoms with Crippen molar-refractivity contribution in [2.45, 2.75) is 25.4 Å². The van der Waals surface area contributed by atoms with Gasteiger partial charge in [-0.1, -0.05) is 23.7 Å². The molecule has 1 atom stereocenters. The predicted molar refractivity (Wildman–Crippen MR) is 81.9 cm³/mol. The normalized spacial score (nSPS) is 17.7. The van der Waals surface area contributed by atoms with Crippen LogP contribution in [0.5, 0.6) is 5.75 Å². The second kappa shape index (κ2) is 6.37. The van der Waals surface area contributed by atoms with Crippen LogP contribution >= 0.6 is 11.6 Å². The van der Waals surface area contributed by atoms with Crippen LogP contribution in [0.4, 0.5) is 5.69 Å². The van der Waals surface area contributed by atoms with Crippen LogP contribution in [0.3, 0.4) is 0 Å². The van der Waals surface area contributed by atoms with Crippen molar-refractivity contribution in [3.05, 3.63) is 41.2 Å². The van der Waals surface area contributed by atoms with Gasteiger partial charge in [0, 0.05) is 11.8 Å². The summed E-state index contributed by atoms with van der Waals surface area (Å²) >= 11 is 6.23. The Morgan fingerprint density at radius 3 is 3.24 bits per heavy atom. The van der Waals surface area contributed by atoms with Crippen molar-refractivity contribution in [2.24, 2.45) is 0 Å². The summed E-state index contributed by atoms with van der Waals surface area (Å²) < 4.78 is 7.48. The highest BCUT2D eigenvalue weighted by molar-refractivity contribution is 6.32. The average molecular weight is 308 g/mol. The van der Waals surface area contributed by atoms with Gasteiger partial charge in [-0.15, -0.1) is 0 Å². The highest BCUT2D eigenvalue weighted by Crippen LogP contribution is 2.38. The van der Waals surface area contributed by atoms with Crippen molar-refractivity contribution in [3.63, 3.8) is 0 Å². The lowest BCUT2D eigenvalue weighted by molar-refractivity contribution is 0.269. The number of aliphatic hydroxyl groups excluding tert-OH is 1. The van der Waals surface area contributed by atoms with Crippen LogP contribution in [-0.2, 0) is 6.54 Å². The maximum Gasteiger partial charge on any atom is 0.143 e. The van der Waals surface area contributed by atoms with Gasteiger partial charge in [-0.25, -0.2) is 0 Å². The maximum atomic E-state index is 8.94. The molecular weight excluding hydrogens is 290 g/mol. The molecule has 21 heavy (non-hydrogen) atoms. The first-order chi connectivity index (χ1) is 10.3. The van der Waals surface area contributed by atoms with Crippen molar-refractivity contribution >= 4 is 17.3 Å². The number of halogens is 1. The number of ether oxygens (including phenoxy) is 1. The molecule has 112 valence electrons. The number of hydrogen-bond acceptors (Lipinski definition) is 4. The molecule has 6 heteroatoms. The molecule has 2 N–H and O–H groups in total. The minimum Gasteiger partial charge on any atom is -0.492 e. The molecule has 2 heterocycles. The zero-order valence-electron chi connectivity index (χ0n) is 11.6. The Balaban J connectivity index is 1.83. The number of fused-ring (bicyclic) bond motifs is 1. The lowest BCUT2D eigenvalue weighted by Gasteiger charge is -2.19. The number of rotatable bonds is 4. The van der Waals surface area contributed by atoms with Crippen LogP contribution in [0.2, 0.25) is 5.02 Å². The van der Waals surface area contributed by atoms with E-state index in [0.29, 0.717) is 18.2 Å². The zero-order valence-corrected chi connectivity index (χ0v) is 12.4. The Bertz CT molecular complexity index is 615. The minimum absolute atomic E-state index is 0.0802. The van der Waals surface area contributed by atoms with Gasteiger partial charge in [0.1, 0.15) is 5.75 Å². The molecular formula is C15H18ClN3O2. The Morgan fingerprint density at radius 2 is 2.38 bits per heavy atom. The molecule has 2 aromatic rings. The lowest BCUT2D eigenvalue weighted by Crippen LogP contribution is -2.10. The molecule has 0 saturated carbocycles. The van der Waals surface area contributed by atoms with Gasteiger partial charge in [-0.05, 0) is 18.9 Å². The molecule has 1 aliphatic rings. The van der Waals surface area contributed by atoms with E-state index in [2.05, 4.69) is 10.4 Å². The molecule has 1 aromatic carbocycles. The molecule has 0 bridgehead atoms. The molecule has 5 nitrogen and oxygen atoms in total. The Labute approximate surface area is 128 Å². The van der Waals surface area contributed by atoms with E-state index in [4.69, 9.17) is 21.4 Å². The second-order valence-corrected chi connectivity index (χ2v) is 5.47. The van der Waals surface area contributed by atoms with E-state index in [-0.39, 0.29) is 12.6 Å². The largest absolute Gasteiger partial charge is 0.492 e. The monoisotopic (exact) mass is 307 g/mol. The van der Waals surface area contributed by atoms with Crippen molar-refractivity contribution in [1.29, 1.82) is 0 Å². The number of nitrogens with zero attached hydrogens (tertiary/aromatic N) is 2. The van der Waals surface area contributed by atoms with Crippen LogP contribution in [0.1, 0.15) is 24.4 Å². The number of nitrogens with one attached hydrogen (secondary N) is 1. The molecule has 0 aliphatic carbocycles. The van der Waals surface area contributed by atoms with Gasteiger partial charge in [-0.3, -0.25) is 4.68 Å². The molecule has 3 rings (SSSR count). The van der Waals surface area contributed by atoms with Crippen LogP contribution in [0.25, 0.3) is 0 Å². The van der Waals surface area contributed by atoms with E-state index >= 15 is 0 Å². The fourth-order valence-electron chi connectivity index (χ4n) is 2.58. The van der Waals surface area contributed by atoms with Crippen molar-refractivity contribution in [3.8, 4) is 5.75 Å². The van der Waals surface area contributed by atoms with E-state index in [1.807, 2.05) is 24.4 Å². The topological polar surface area (TPSA) is 59.3 Å². The summed E-state index contributed by atoms with van der Waals surface area (Å²) in [6.45, 7) is 1.26. The average Bonchev–Trinajstić information content (AvgIpc) is 2.80. The number of aliphatic hydroxyl groups is 1. The Kier molecular flexibility index (Phi) is 4.31. The minimum atomic E-state index is 0.0802. The number of anilines is 1. The first-order valence-corrected chi connectivity index (χ1v) is 7.47. The third-order valence-electron chi connectivity index (χ3n) is 3.56. The summed E-state index contributed by atoms with van der Waals surface area (Å²) in [6.07, 6.45) is 5.60. The van der Waals surface area contributed by atoms with Crippen molar-refractivity contribution < 1.29 is 9.84 Å². The van der Waals surface area contributed by atoms with E-state index in [0.717, 1.165) is 29.8 Å². The third kappa shape index (κ3) is 3.14. The summed E-state index contributed by atoms with van der Waals surface area (Å²) in [6, 6.07) is 5.98. The summed E-state index contributed by atoms with van der Waals surface area (Å²) in [5.41, 5.74) is 2.01. The lowest BCUT2D eigenvalue weighted by atomic mass is 10.0. The standard InChI is InChI=1S/C15H18ClN3O2/c16-13-4-1-3-12-14(5-2-8-21-15(12)13)18-11-9-17-19(10-11)6-7-20/h1,3-4,9-10,14,18,20H,2,5-8H2. The number of hydrogen-bond donors (Lipinski definition) is 2. The number of aromatic nitrogens is 2.